The van der Waals surface area contributed by atoms with E-state index in [1.165, 1.54) is 44.4 Å². The van der Waals surface area contributed by atoms with Crippen LogP contribution in [0.25, 0.3) is 0 Å². The molecular weight excluding hydrogens is 375 g/mol. The molecule has 0 N–H and O–H groups in total. The Morgan fingerprint density at radius 3 is 1.59 bits per heavy atom. The van der Waals surface area contributed by atoms with Gasteiger partial charge in [-0.15, -0.1) is 7.92 Å². The van der Waals surface area contributed by atoms with Gasteiger partial charge in [0.05, 0.1) is 16.1 Å². The summed E-state index contributed by atoms with van der Waals surface area (Å²) in [5.74, 6) is 1.52. The monoisotopic (exact) mass is 416 g/mol. The topological polar surface area (TPSA) is 0 Å². The van der Waals surface area contributed by atoms with Crippen molar-refractivity contribution < 1.29 is 0 Å². The van der Waals surface area contributed by atoms with Gasteiger partial charge in [-0.3, -0.25) is 0 Å². The van der Waals surface area contributed by atoms with Crippen molar-refractivity contribution in [2.24, 2.45) is 11.8 Å². The smallest absolute Gasteiger partial charge is 0.0732 e. The highest BCUT2D eigenvalue weighted by Crippen LogP contribution is 2.54. The molecule has 2 unspecified atom stereocenters. The van der Waals surface area contributed by atoms with Crippen LogP contribution in [0, 0.1) is 11.8 Å². The molecule has 0 heterocycles. The number of allylic oxidation sites excluding steroid dienone is 8. The van der Waals surface area contributed by atoms with Crippen molar-refractivity contribution in [1.82, 2.24) is 0 Å². The Kier molecular flexibility index (Phi) is 6.92. The predicted molar refractivity (Wildman–Crippen MR) is 132 cm³/mol. The molecule has 1 fully saturated rings. The van der Waals surface area contributed by atoms with Crippen molar-refractivity contribution in [2.45, 2.75) is 77.0 Å². The van der Waals surface area contributed by atoms with E-state index in [9.17, 15) is 0 Å². The molecule has 27 heavy (non-hydrogen) atoms. The summed E-state index contributed by atoms with van der Waals surface area (Å²) in [7, 11) is -2.29. The molecule has 2 atom stereocenters. The van der Waals surface area contributed by atoms with E-state index in [4.69, 9.17) is 0 Å². The summed E-state index contributed by atoms with van der Waals surface area (Å²) in [4.78, 5) is 0. The predicted octanol–water partition coefficient (Wildman–Crippen LogP) is 7.78. The summed E-state index contributed by atoms with van der Waals surface area (Å²) >= 11 is 0. The molecule has 0 aromatic carbocycles. The summed E-state index contributed by atoms with van der Waals surface area (Å²) in [6.07, 6.45) is 25.2. The maximum Gasteiger partial charge on any atom is 0.0732 e. The molecule has 3 aliphatic carbocycles. The molecule has 150 valence electrons. The molecule has 0 aromatic heterocycles. The van der Waals surface area contributed by atoms with Crippen molar-refractivity contribution in [1.29, 1.82) is 0 Å². The van der Waals surface area contributed by atoms with E-state index in [1.807, 2.05) is 10.4 Å². The quantitative estimate of drug-likeness (QED) is 0.293. The van der Waals surface area contributed by atoms with Crippen LogP contribution in [0.3, 0.4) is 0 Å². The third-order valence-corrected chi connectivity index (χ3v) is 14.5. The maximum absolute atomic E-state index is 2.55. The van der Waals surface area contributed by atoms with Crippen LogP contribution in [0.2, 0.25) is 39.3 Å². The van der Waals surface area contributed by atoms with Crippen molar-refractivity contribution in [3.8, 4) is 0 Å². The highest BCUT2D eigenvalue weighted by atomic mass is 31.1. The van der Waals surface area contributed by atoms with Crippen molar-refractivity contribution in [2.75, 3.05) is 12.3 Å². The minimum Gasteiger partial charge on any atom is -0.102 e. The van der Waals surface area contributed by atoms with Gasteiger partial charge in [-0.05, 0) is 42.7 Å². The molecule has 0 spiro atoms. The van der Waals surface area contributed by atoms with E-state index < -0.39 is 16.1 Å². The lowest BCUT2D eigenvalue weighted by Crippen LogP contribution is -2.31. The fourth-order valence-electron chi connectivity index (χ4n) is 5.30. The largest absolute Gasteiger partial charge is 0.102 e. The lowest BCUT2D eigenvalue weighted by Gasteiger charge is -2.37. The molecule has 3 rings (SSSR count). The van der Waals surface area contributed by atoms with Gasteiger partial charge in [-0.2, -0.15) is 0 Å². The molecular formula is C24H41PSi2. The second-order valence-corrected chi connectivity index (χ2v) is 23.8. The maximum atomic E-state index is 2.55. The zero-order chi connectivity index (χ0) is 19.7. The highest BCUT2D eigenvalue weighted by molar-refractivity contribution is 7.58. The van der Waals surface area contributed by atoms with Crippen LogP contribution in [0.1, 0.15) is 32.1 Å². The molecule has 0 radical (unpaired) electrons. The van der Waals surface area contributed by atoms with E-state index in [0.29, 0.717) is 0 Å². The van der Waals surface area contributed by atoms with Crippen LogP contribution < -0.4 is 0 Å². The van der Waals surface area contributed by atoms with Crippen molar-refractivity contribution in [3.05, 3.63) is 46.8 Å². The lowest BCUT2D eigenvalue weighted by atomic mass is 10.0. The zero-order valence-electron chi connectivity index (χ0n) is 18.6. The second kappa shape index (κ2) is 8.68. The number of rotatable bonds is 7. The van der Waals surface area contributed by atoms with Gasteiger partial charge in [-0.1, -0.05) is 105 Å². The van der Waals surface area contributed by atoms with Crippen LogP contribution >= 0.6 is 7.92 Å². The van der Waals surface area contributed by atoms with Gasteiger partial charge in [0.25, 0.3) is 0 Å². The third kappa shape index (κ3) is 5.46. The van der Waals surface area contributed by atoms with E-state index in [2.05, 4.69) is 75.7 Å². The standard InChI is InChI=1S/C24H41PSi2/c1-26(2,3)23-16-10-12-20(23)18-25(22-14-8-7-9-15-22)19-21-13-11-17-24(21)27(4,5)6/h10-13,16-17,20-22H,7-9,14-15,18-19H2,1-6H3. The first-order chi connectivity index (χ1) is 12.7. The first-order valence-corrected chi connectivity index (χ1v) is 20.0. The second-order valence-electron chi connectivity index (χ2n) is 11.0. The van der Waals surface area contributed by atoms with Crippen LogP contribution in [0.5, 0.6) is 0 Å². The van der Waals surface area contributed by atoms with Gasteiger partial charge >= 0.3 is 0 Å². The molecule has 0 aromatic rings. The molecule has 0 aliphatic heterocycles. The van der Waals surface area contributed by atoms with Gasteiger partial charge in [0, 0.05) is 0 Å². The fraction of sp³-hybridized carbons (Fsp3) is 0.667. The Morgan fingerprint density at radius 2 is 1.19 bits per heavy atom. The normalized spacial score (nSPS) is 27.8. The average molecular weight is 417 g/mol. The van der Waals surface area contributed by atoms with Crippen molar-refractivity contribution in [3.63, 3.8) is 0 Å². The zero-order valence-corrected chi connectivity index (χ0v) is 21.5. The Morgan fingerprint density at radius 1 is 0.741 bits per heavy atom. The Hall–Kier alpha value is -0.176. The highest BCUT2D eigenvalue weighted by Gasteiger charge is 2.35. The summed E-state index contributed by atoms with van der Waals surface area (Å²) in [6.45, 7) is 15.2. The molecule has 1 saturated carbocycles. The third-order valence-electron chi connectivity index (χ3n) is 6.72. The molecule has 3 heteroatoms. The molecule has 0 nitrogen and oxygen atoms in total. The Balaban J connectivity index is 1.76. The van der Waals surface area contributed by atoms with E-state index >= 15 is 0 Å². The van der Waals surface area contributed by atoms with Crippen LogP contribution in [0.4, 0.5) is 0 Å². The molecule has 0 amide bonds. The van der Waals surface area contributed by atoms with Crippen LogP contribution in [0.15, 0.2) is 46.8 Å². The summed E-state index contributed by atoms with van der Waals surface area (Å²) in [5.41, 5.74) is 1.03. The van der Waals surface area contributed by atoms with Crippen molar-refractivity contribution >= 4 is 24.1 Å². The number of hydrogen-bond acceptors (Lipinski definition) is 0. The van der Waals surface area contributed by atoms with Gasteiger partial charge < -0.3 is 0 Å². The summed E-state index contributed by atoms with van der Waals surface area (Å²) < 4.78 is 0. The van der Waals surface area contributed by atoms with E-state index in [-0.39, 0.29) is 7.92 Å². The fourth-order valence-corrected chi connectivity index (χ4v) is 12.9. The van der Waals surface area contributed by atoms with E-state index in [0.717, 1.165) is 17.5 Å². The minimum atomic E-state index is -1.20. The molecule has 0 saturated heterocycles. The molecule has 3 aliphatic rings. The van der Waals surface area contributed by atoms with E-state index in [1.54, 1.807) is 0 Å². The number of hydrogen-bond donors (Lipinski definition) is 0. The SMILES string of the molecule is C[Si](C)(C)C1=CC=CC1CP(CC1C=CC=C1[Si](C)(C)C)C1CCCCC1. The van der Waals surface area contributed by atoms with Gasteiger partial charge in [0.2, 0.25) is 0 Å². The van der Waals surface area contributed by atoms with Gasteiger partial charge in [0.1, 0.15) is 0 Å². The minimum absolute atomic E-state index is 0.112. The summed E-state index contributed by atoms with van der Waals surface area (Å²) in [5, 5.41) is 3.63. The summed E-state index contributed by atoms with van der Waals surface area (Å²) in [6, 6.07) is 0. The van der Waals surface area contributed by atoms with Gasteiger partial charge in [0.15, 0.2) is 0 Å². The first-order valence-electron chi connectivity index (χ1n) is 11.2. The Labute approximate surface area is 172 Å². The first kappa shape index (κ1) is 21.5. The van der Waals surface area contributed by atoms with Crippen LogP contribution in [-0.2, 0) is 0 Å². The lowest BCUT2D eigenvalue weighted by molar-refractivity contribution is 0.509. The molecule has 0 bridgehead atoms. The Bertz CT molecular complexity index is 588. The van der Waals surface area contributed by atoms with Gasteiger partial charge in [-0.25, -0.2) is 0 Å². The van der Waals surface area contributed by atoms with Crippen LogP contribution in [-0.4, -0.2) is 34.1 Å². The average Bonchev–Trinajstić information content (AvgIpc) is 3.23.